The van der Waals surface area contributed by atoms with Crippen molar-refractivity contribution < 1.29 is 0 Å². The molecule has 0 radical (unpaired) electrons. The zero-order valence-corrected chi connectivity index (χ0v) is 11.6. The summed E-state index contributed by atoms with van der Waals surface area (Å²) in [6.45, 7) is 2.46. The Morgan fingerprint density at radius 3 is 2.83 bits per heavy atom. The van der Waals surface area contributed by atoms with Gasteiger partial charge >= 0.3 is 0 Å². The number of nitrogens with one attached hydrogen (secondary N) is 1. The third kappa shape index (κ3) is 2.00. The molecule has 0 aromatic heterocycles. The average molecular weight is 259 g/mol. The van der Waals surface area contributed by atoms with Crippen LogP contribution in [0, 0.1) is 11.3 Å². The third-order valence-electron chi connectivity index (χ3n) is 5.00. The van der Waals surface area contributed by atoms with Gasteiger partial charge in [0, 0.05) is 29.7 Å². The predicted octanol–water partition coefficient (Wildman–Crippen LogP) is 3.66. The van der Waals surface area contributed by atoms with E-state index in [2.05, 4.69) is 29.6 Å². The van der Waals surface area contributed by atoms with Gasteiger partial charge in [0.25, 0.3) is 0 Å². The molecule has 0 spiro atoms. The largest absolute Gasteiger partial charge is 0.316 e. The summed E-state index contributed by atoms with van der Waals surface area (Å²) >= 11 is 2.03. The summed E-state index contributed by atoms with van der Waals surface area (Å²) in [5.74, 6) is 3.08. The van der Waals surface area contributed by atoms with Crippen LogP contribution in [0.15, 0.2) is 29.2 Å². The highest BCUT2D eigenvalue weighted by Crippen LogP contribution is 2.60. The summed E-state index contributed by atoms with van der Waals surface area (Å²) in [5, 5.41) is 3.78. The van der Waals surface area contributed by atoms with Crippen LogP contribution in [0.25, 0.3) is 0 Å². The molecule has 1 nitrogen and oxygen atoms in total. The van der Waals surface area contributed by atoms with Gasteiger partial charge in [0.15, 0.2) is 0 Å². The van der Waals surface area contributed by atoms with E-state index in [1.165, 1.54) is 49.4 Å². The van der Waals surface area contributed by atoms with Gasteiger partial charge < -0.3 is 5.32 Å². The van der Waals surface area contributed by atoms with Crippen molar-refractivity contribution >= 4 is 11.8 Å². The van der Waals surface area contributed by atoms with Gasteiger partial charge in [-0.05, 0) is 48.6 Å². The molecule has 1 atom stereocenters. The van der Waals surface area contributed by atoms with Gasteiger partial charge in [0.05, 0.1) is 0 Å². The number of fused-ring (bicyclic) bond motifs is 1. The minimum absolute atomic E-state index is 0.737. The third-order valence-corrected chi connectivity index (χ3v) is 6.25. The fourth-order valence-corrected chi connectivity index (χ4v) is 4.73. The van der Waals surface area contributed by atoms with Gasteiger partial charge in [0.2, 0.25) is 0 Å². The van der Waals surface area contributed by atoms with Gasteiger partial charge in [-0.3, -0.25) is 0 Å². The van der Waals surface area contributed by atoms with Crippen LogP contribution in [0.5, 0.6) is 0 Å². The second-order valence-electron chi connectivity index (χ2n) is 6.31. The predicted molar refractivity (Wildman–Crippen MR) is 77.2 cm³/mol. The normalized spacial score (nSPS) is 28.1. The van der Waals surface area contributed by atoms with E-state index >= 15 is 0 Å². The molecule has 0 amide bonds. The van der Waals surface area contributed by atoms with Crippen LogP contribution in [0.2, 0.25) is 0 Å². The first-order valence-electron chi connectivity index (χ1n) is 7.30. The fourth-order valence-electron chi connectivity index (χ4n) is 3.48. The van der Waals surface area contributed by atoms with Crippen molar-refractivity contribution in [3.8, 4) is 0 Å². The number of rotatable bonds is 5. The molecule has 1 unspecified atom stereocenters. The standard InChI is InChI=1S/C16H21NS/c1-2-4-15-14(3-1)12(10-18-15)9-17-11-16(7-8-16)13-5-6-13/h1-4,12-13,17H,5-11H2. The van der Waals surface area contributed by atoms with E-state index in [-0.39, 0.29) is 0 Å². The second-order valence-corrected chi connectivity index (χ2v) is 7.38. The van der Waals surface area contributed by atoms with Crippen LogP contribution in [-0.2, 0) is 0 Å². The highest BCUT2D eigenvalue weighted by molar-refractivity contribution is 7.99. The summed E-state index contributed by atoms with van der Waals surface area (Å²) in [4.78, 5) is 1.51. The maximum absolute atomic E-state index is 3.78. The SMILES string of the molecule is c1ccc2c(c1)SCC2CNCC1(C2CC2)CC1. The van der Waals surface area contributed by atoms with Crippen molar-refractivity contribution in [3.05, 3.63) is 29.8 Å². The minimum atomic E-state index is 0.737. The fraction of sp³-hybridized carbons (Fsp3) is 0.625. The summed E-state index contributed by atoms with van der Waals surface area (Å²) in [6, 6.07) is 8.93. The molecule has 3 aliphatic rings. The molecule has 1 heterocycles. The summed E-state index contributed by atoms with van der Waals surface area (Å²) in [5.41, 5.74) is 2.32. The Labute approximate surface area is 114 Å². The maximum atomic E-state index is 3.78. The molecular weight excluding hydrogens is 238 g/mol. The van der Waals surface area contributed by atoms with Crippen molar-refractivity contribution in [2.24, 2.45) is 11.3 Å². The number of hydrogen-bond donors (Lipinski definition) is 1. The van der Waals surface area contributed by atoms with Gasteiger partial charge in [-0.2, -0.15) is 0 Å². The molecule has 0 saturated heterocycles. The summed E-state index contributed by atoms with van der Waals surface area (Å²) < 4.78 is 0. The van der Waals surface area contributed by atoms with E-state index in [1.807, 2.05) is 11.8 Å². The first kappa shape index (κ1) is 11.4. The molecule has 1 aromatic rings. The van der Waals surface area contributed by atoms with E-state index in [0.717, 1.165) is 17.3 Å². The molecule has 1 N–H and O–H groups in total. The molecule has 2 fully saturated rings. The Kier molecular flexibility index (Phi) is 2.70. The average Bonchev–Trinajstić information content (AvgIpc) is 3.28. The van der Waals surface area contributed by atoms with Crippen LogP contribution < -0.4 is 5.32 Å². The van der Waals surface area contributed by atoms with Crippen LogP contribution in [0.4, 0.5) is 0 Å². The zero-order chi connectivity index (χ0) is 12.0. The number of hydrogen-bond acceptors (Lipinski definition) is 2. The van der Waals surface area contributed by atoms with Crippen LogP contribution in [0.1, 0.15) is 37.2 Å². The summed E-state index contributed by atoms with van der Waals surface area (Å²) in [6.07, 6.45) is 5.98. The lowest BCUT2D eigenvalue weighted by Gasteiger charge is -2.17. The lowest BCUT2D eigenvalue weighted by molar-refractivity contribution is 0.399. The minimum Gasteiger partial charge on any atom is -0.316 e. The topological polar surface area (TPSA) is 12.0 Å². The Morgan fingerprint density at radius 2 is 2.06 bits per heavy atom. The van der Waals surface area contributed by atoms with Gasteiger partial charge in [-0.1, -0.05) is 18.2 Å². The molecule has 96 valence electrons. The lowest BCUT2D eigenvalue weighted by atomic mass is 9.98. The molecule has 2 saturated carbocycles. The molecular formula is C16H21NS. The lowest BCUT2D eigenvalue weighted by Crippen LogP contribution is -2.29. The Bertz CT molecular complexity index is 448. The van der Waals surface area contributed by atoms with E-state index in [4.69, 9.17) is 0 Å². The smallest absolute Gasteiger partial charge is 0.0108 e. The van der Waals surface area contributed by atoms with Crippen molar-refractivity contribution in [3.63, 3.8) is 0 Å². The molecule has 1 aromatic carbocycles. The van der Waals surface area contributed by atoms with Crippen molar-refractivity contribution in [2.45, 2.75) is 36.5 Å². The van der Waals surface area contributed by atoms with E-state index in [9.17, 15) is 0 Å². The molecule has 2 heteroatoms. The van der Waals surface area contributed by atoms with Crippen molar-refractivity contribution in [1.29, 1.82) is 0 Å². The van der Waals surface area contributed by atoms with Crippen molar-refractivity contribution in [1.82, 2.24) is 5.32 Å². The first-order chi connectivity index (χ1) is 8.87. The molecule has 18 heavy (non-hydrogen) atoms. The van der Waals surface area contributed by atoms with Gasteiger partial charge in [-0.25, -0.2) is 0 Å². The van der Waals surface area contributed by atoms with Crippen LogP contribution in [-0.4, -0.2) is 18.8 Å². The zero-order valence-electron chi connectivity index (χ0n) is 10.8. The van der Waals surface area contributed by atoms with E-state index < -0.39 is 0 Å². The highest BCUT2D eigenvalue weighted by Gasteiger charge is 2.53. The molecule has 2 aliphatic carbocycles. The molecule has 4 rings (SSSR count). The maximum Gasteiger partial charge on any atom is 0.0108 e. The van der Waals surface area contributed by atoms with Crippen LogP contribution >= 0.6 is 11.8 Å². The second kappa shape index (κ2) is 4.28. The van der Waals surface area contributed by atoms with E-state index in [0.29, 0.717) is 0 Å². The summed E-state index contributed by atoms with van der Waals surface area (Å²) in [7, 11) is 0. The molecule has 1 aliphatic heterocycles. The van der Waals surface area contributed by atoms with E-state index in [1.54, 1.807) is 5.56 Å². The van der Waals surface area contributed by atoms with Crippen molar-refractivity contribution in [2.75, 3.05) is 18.8 Å². The highest BCUT2D eigenvalue weighted by atomic mass is 32.2. The van der Waals surface area contributed by atoms with Gasteiger partial charge in [0.1, 0.15) is 0 Å². The van der Waals surface area contributed by atoms with Crippen LogP contribution in [0.3, 0.4) is 0 Å². The molecule has 0 bridgehead atoms. The van der Waals surface area contributed by atoms with Gasteiger partial charge in [-0.15, -0.1) is 11.8 Å². The number of thioether (sulfide) groups is 1. The number of benzene rings is 1. The monoisotopic (exact) mass is 259 g/mol. The Morgan fingerprint density at radius 1 is 1.22 bits per heavy atom. The Balaban J connectivity index is 1.34. The quantitative estimate of drug-likeness (QED) is 0.866. The Hall–Kier alpha value is -0.470. The first-order valence-corrected chi connectivity index (χ1v) is 8.28.